The van der Waals surface area contributed by atoms with Crippen LogP contribution in [0.5, 0.6) is 0 Å². The Balaban J connectivity index is 1.80. The molecule has 0 aliphatic heterocycles. The van der Waals surface area contributed by atoms with E-state index in [9.17, 15) is 8.78 Å². The van der Waals surface area contributed by atoms with E-state index in [1.54, 1.807) is 31.2 Å². The molecular formula is C15H14F2N4S2. The summed E-state index contributed by atoms with van der Waals surface area (Å²) in [5.74, 6) is -0.650. The third-order valence-corrected chi connectivity index (χ3v) is 3.23. The number of halogens is 2. The molecule has 4 N–H and O–H groups in total. The van der Waals surface area contributed by atoms with Crippen LogP contribution >= 0.6 is 24.4 Å². The highest BCUT2D eigenvalue weighted by atomic mass is 32.1. The fourth-order valence-electron chi connectivity index (χ4n) is 1.64. The van der Waals surface area contributed by atoms with Crippen molar-refractivity contribution in [2.75, 3.05) is 10.6 Å². The van der Waals surface area contributed by atoms with Gasteiger partial charge in [0.15, 0.2) is 10.2 Å². The second-order valence-electron chi connectivity index (χ2n) is 4.63. The normalized spacial score (nSPS) is 9.87. The highest BCUT2D eigenvalue weighted by Crippen LogP contribution is 2.13. The first-order valence-electron chi connectivity index (χ1n) is 6.60. The summed E-state index contributed by atoms with van der Waals surface area (Å²) in [7, 11) is 0. The summed E-state index contributed by atoms with van der Waals surface area (Å²) in [5.41, 5.74) is 7.04. The second-order valence-corrected chi connectivity index (χ2v) is 5.45. The van der Waals surface area contributed by atoms with Crippen LogP contribution in [-0.4, -0.2) is 10.2 Å². The summed E-state index contributed by atoms with van der Waals surface area (Å²) in [6, 6.07) is 10.4. The quantitative estimate of drug-likeness (QED) is 0.491. The Morgan fingerprint density at radius 1 is 0.826 bits per heavy atom. The van der Waals surface area contributed by atoms with Gasteiger partial charge in [0.05, 0.1) is 0 Å². The number of anilines is 2. The van der Waals surface area contributed by atoms with Gasteiger partial charge < -0.3 is 10.6 Å². The Morgan fingerprint density at radius 2 is 1.35 bits per heavy atom. The molecule has 2 rings (SSSR count). The fourth-order valence-corrected chi connectivity index (χ4v) is 1.98. The van der Waals surface area contributed by atoms with Crippen LogP contribution in [0.1, 0.15) is 5.56 Å². The number of nitrogens with one attached hydrogen (secondary N) is 4. The Labute approximate surface area is 143 Å². The molecule has 0 spiro atoms. The SMILES string of the molecule is Cc1ccc(NC(=S)NNC(=S)Nc2ccc(F)cc2)cc1F. The lowest BCUT2D eigenvalue weighted by molar-refractivity contribution is 0.619. The molecule has 0 amide bonds. The highest BCUT2D eigenvalue weighted by Gasteiger charge is 2.02. The zero-order chi connectivity index (χ0) is 16.8. The summed E-state index contributed by atoms with van der Waals surface area (Å²) in [6.07, 6.45) is 0. The zero-order valence-corrected chi connectivity index (χ0v) is 13.7. The number of thiocarbonyl (C=S) groups is 2. The van der Waals surface area contributed by atoms with E-state index in [1.165, 1.54) is 18.2 Å². The lowest BCUT2D eigenvalue weighted by Crippen LogP contribution is -2.45. The van der Waals surface area contributed by atoms with Gasteiger partial charge in [0.1, 0.15) is 11.6 Å². The summed E-state index contributed by atoms with van der Waals surface area (Å²) < 4.78 is 26.2. The zero-order valence-electron chi connectivity index (χ0n) is 12.1. The van der Waals surface area contributed by atoms with Crippen LogP contribution in [0.4, 0.5) is 20.2 Å². The van der Waals surface area contributed by atoms with Gasteiger partial charge in [0, 0.05) is 11.4 Å². The second kappa shape index (κ2) is 7.80. The highest BCUT2D eigenvalue weighted by molar-refractivity contribution is 7.81. The smallest absolute Gasteiger partial charge is 0.189 e. The maximum Gasteiger partial charge on any atom is 0.189 e. The van der Waals surface area contributed by atoms with Gasteiger partial charge in [0.25, 0.3) is 0 Å². The Morgan fingerprint density at radius 3 is 1.91 bits per heavy atom. The molecule has 0 aliphatic carbocycles. The first-order valence-corrected chi connectivity index (χ1v) is 7.41. The molecule has 0 atom stereocenters. The van der Waals surface area contributed by atoms with E-state index in [2.05, 4.69) is 21.5 Å². The topological polar surface area (TPSA) is 48.1 Å². The largest absolute Gasteiger partial charge is 0.331 e. The van der Waals surface area contributed by atoms with Crippen molar-refractivity contribution in [3.63, 3.8) is 0 Å². The number of hydrogen-bond donors (Lipinski definition) is 4. The van der Waals surface area contributed by atoms with Crippen molar-refractivity contribution in [3.8, 4) is 0 Å². The van der Waals surface area contributed by atoms with Crippen LogP contribution in [0.3, 0.4) is 0 Å². The molecule has 4 nitrogen and oxygen atoms in total. The molecule has 23 heavy (non-hydrogen) atoms. The fraction of sp³-hybridized carbons (Fsp3) is 0.0667. The van der Waals surface area contributed by atoms with Crippen LogP contribution in [-0.2, 0) is 0 Å². The molecule has 0 saturated carbocycles. The lowest BCUT2D eigenvalue weighted by atomic mass is 10.2. The van der Waals surface area contributed by atoms with E-state index in [-0.39, 0.29) is 21.9 Å². The minimum absolute atomic E-state index is 0.219. The van der Waals surface area contributed by atoms with Crippen molar-refractivity contribution in [3.05, 3.63) is 59.7 Å². The maximum atomic E-state index is 13.4. The average Bonchev–Trinajstić information content (AvgIpc) is 2.51. The van der Waals surface area contributed by atoms with Crippen molar-refractivity contribution >= 4 is 46.0 Å². The number of benzene rings is 2. The van der Waals surface area contributed by atoms with Gasteiger partial charge in [-0.2, -0.15) is 0 Å². The van der Waals surface area contributed by atoms with Gasteiger partial charge in [-0.3, -0.25) is 10.9 Å². The number of aryl methyl sites for hydroxylation is 1. The molecule has 0 unspecified atom stereocenters. The third-order valence-electron chi connectivity index (χ3n) is 2.82. The third kappa shape index (κ3) is 5.42. The monoisotopic (exact) mass is 352 g/mol. The van der Waals surface area contributed by atoms with Gasteiger partial charge in [0.2, 0.25) is 0 Å². The van der Waals surface area contributed by atoms with E-state index < -0.39 is 0 Å². The van der Waals surface area contributed by atoms with E-state index in [0.717, 1.165) is 0 Å². The van der Waals surface area contributed by atoms with Gasteiger partial charge in [-0.15, -0.1) is 0 Å². The molecule has 0 saturated heterocycles. The maximum absolute atomic E-state index is 13.4. The molecule has 2 aromatic rings. The van der Waals surface area contributed by atoms with Crippen molar-refractivity contribution in [1.29, 1.82) is 0 Å². The molecule has 120 valence electrons. The van der Waals surface area contributed by atoms with Crippen LogP contribution in [0.2, 0.25) is 0 Å². The van der Waals surface area contributed by atoms with Gasteiger partial charge >= 0.3 is 0 Å². The van der Waals surface area contributed by atoms with Crippen molar-refractivity contribution in [2.24, 2.45) is 0 Å². The predicted molar refractivity (Wildman–Crippen MR) is 96.2 cm³/mol. The number of hydrogen-bond acceptors (Lipinski definition) is 2. The molecule has 8 heteroatoms. The van der Waals surface area contributed by atoms with Gasteiger partial charge in [-0.1, -0.05) is 6.07 Å². The first-order chi connectivity index (χ1) is 10.9. The summed E-state index contributed by atoms with van der Waals surface area (Å²) in [5, 5.41) is 6.13. The van der Waals surface area contributed by atoms with E-state index in [0.29, 0.717) is 16.9 Å². The molecule has 0 aliphatic rings. The number of rotatable bonds is 2. The standard InChI is InChI=1S/C15H14F2N4S2/c1-9-2-5-12(8-13(9)17)19-15(23)21-20-14(22)18-11-6-3-10(16)4-7-11/h2-8H,1H3,(H2,18,20,22)(H2,19,21,23). The van der Waals surface area contributed by atoms with Crippen molar-refractivity contribution in [2.45, 2.75) is 6.92 Å². The minimum atomic E-state index is -0.330. The molecule has 0 radical (unpaired) electrons. The molecule has 0 fully saturated rings. The van der Waals surface area contributed by atoms with Gasteiger partial charge in [-0.25, -0.2) is 8.78 Å². The molecular weight excluding hydrogens is 338 g/mol. The predicted octanol–water partition coefficient (Wildman–Crippen LogP) is 3.46. The Hall–Kier alpha value is -2.32. The summed E-state index contributed by atoms with van der Waals surface area (Å²) in [6.45, 7) is 1.68. The Bertz CT molecular complexity index is 720. The molecule has 0 aromatic heterocycles. The first kappa shape index (κ1) is 17.0. The van der Waals surface area contributed by atoms with Gasteiger partial charge in [-0.05, 0) is 73.3 Å². The Kier molecular flexibility index (Phi) is 5.78. The molecule has 0 heterocycles. The van der Waals surface area contributed by atoms with Crippen LogP contribution in [0, 0.1) is 18.6 Å². The number of hydrazine groups is 1. The van der Waals surface area contributed by atoms with Crippen molar-refractivity contribution < 1.29 is 8.78 Å². The van der Waals surface area contributed by atoms with Crippen LogP contribution in [0.25, 0.3) is 0 Å². The average molecular weight is 352 g/mol. The summed E-state index contributed by atoms with van der Waals surface area (Å²) >= 11 is 10.1. The lowest BCUT2D eigenvalue weighted by Gasteiger charge is -2.14. The van der Waals surface area contributed by atoms with E-state index in [1.807, 2.05) is 0 Å². The molecule has 2 aromatic carbocycles. The molecule has 0 bridgehead atoms. The van der Waals surface area contributed by atoms with E-state index >= 15 is 0 Å². The van der Waals surface area contributed by atoms with E-state index in [4.69, 9.17) is 24.4 Å². The van der Waals surface area contributed by atoms with Crippen LogP contribution < -0.4 is 21.5 Å². The van der Waals surface area contributed by atoms with Crippen molar-refractivity contribution in [1.82, 2.24) is 10.9 Å². The summed E-state index contributed by atoms with van der Waals surface area (Å²) in [4.78, 5) is 0. The minimum Gasteiger partial charge on any atom is -0.331 e. The van der Waals surface area contributed by atoms with Crippen LogP contribution in [0.15, 0.2) is 42.5 Å².